The summed E-state index contributed by atoms with van der Waals surface area (Å²) in [5.41, 5.74) is 1.10. The largest absolute Gasteiger partial charge is 0.494 e. The van der Waals surface area contributed by atoms with Crippen molar-refractivity contribution >= 4 is 34.6 Å². The number of ether oxygens (including phenoxy) is 2. The fourth-order valence-electron chi connectivity index (χ4n) is 2.37. The lowest BCUT2D eigenvalue weighted by atomic mass is 10.2. The number of nitro benzene ring substituents is 1. The van der Waals surface area contributed by atoms with Gasteiger partial charge in [-0.1, -0.05) is 6.92 Å². The Balaban J connectivity index is 2.07. The minimum absolute atomic E-state index is 0.137. The van der Waals surface area contributed by atoms with Crippen LogP contribution in [0.5, 0.6) is 5.75 Å². The summed E-state index contributed by atoms with van der Waals surface area (Å²) >= 11 is 1.35. The van der Waals surface area contributed by atoms with E-state index in [9.17, 15) is 19.7 Å². The van der Waals surface area contributed by atoms with E-state index in [-0.39, 0.29) is 17.1 Å². The summed E-state index contributed by atoms with van der Waals surface area (Å²) in [5, 5.41) is 13.4. The van der Waals surface area contributed by atoms with Crippen LogP contribution in [0.3, 0.4) is 0 Å². The summed E-state index contributed by atoms with van der Waals surface area (Å²) < 4.78 is 10.3. The molecule has 0 radical (unpaired) electrons. The Hall–Kier alpha value is -2.94. The highest BCUT2D eigenvalue weighted by molar-refractivity contribution is 7.14. The zero-order valence-electron chi connectivity index (χ0n) is 15.4. The quantitative estimate of drug-likeness (QED) is 0.437. The van der Waals surface area contributed by atoms with Gasteiger partial charge in [-0.2, -0.15) is 0 Å². The maximum absolute atomic E-state index is 12.3. The van der Waals surface area contributed by atoms with Crippen molar-refractivity contribution in [3.8, 4) is 5.75 Å². The lowest BCUT2D eigenvalue weighted by molar-refractivity contribution is -0.384. The van der Waals surface area contributed by atoms with Gasteiger partial charge in [-0.3, -0.25) is 14.9 Å². The van der Waals surface area contributed by atoms with E-state index in [1.54, 1.807) is 6.07 Å². The van der Waals surface area contributed by atoms with Crippen LogP contribution in [0.15, 0.2) is 24.3 Å². The molecular weight excluding hydrogens is 372 g/mol. The number of carbonyl (C=O) groups is 2. The fourth-order valence-corrected chi connectivity index (χ4v) is 3.37. The number of thiophene rings is 1. The molecule has 2 rings (SSSR count). The van der Waals surface area contributed by atoms with Crippen molar-refractivity contribution in [1.82, 2.24) is 0 Å². The number of nitrogens with one attached hydrogen (secondary N) is 1. The van der Waals surface area contributed by atoms with Crippen molar-refractivity contribution in [1.29, 1.82) is 0 Å². The predicted octanol–water partition coefficient (Wildman–Crippen LogP) is 3.72. The molecule has 1 aromatic carbocycles. The number of carbonyl (C=O) groups excluding carboxylic acids is 2. The van der Waals surface area contributed by atoms with E-state index in [1.165, 1.54) is 43.6 Å². The second-order valence-corrected chi connectivity index (χ2v) is 6.89. The molecule has 0 aliphatic heterocycles. The van der Waals surface area contributed by atoms with E-state index in [0.29, 0.717) is 4.88 Å². The minimum atomic E-state index is -1.05. The average molecular weight is 392 g/mol. The third-order valence-corrected chi connectivity index (χ3v) is 5.21. The number of hydrogen-bond acceptors (Lipinski definition) is 7. The number of nitro groups is 1. The predicted molar refractivity (Wildman–Crippen MR) is 102 cm³/mol. The topological polar surface area (TPSA) is 108 Å². The van der Waals surface area contributed by atoms with Crippen molar-refractivity contribution in [3.63, 3.8) is 0 Å². The molecule has 0 aliphatic rings. The van der Waals surface area contributed by atoms with Crippen LogP contribution in [0.25, 0.3) is 0 Å². The van der Waals surface area contributed by atoms with E-state index in [0.717, 1.165) is 16.9 Å². The summed E-state index contributed by atoms with van der Waals surface area (Å²) in [6.45, 7) is 5.37. The Morgan fingerprint density at radius 1 is 1.33 bits per heavy atom. The van der Waals surface area contributed by atoms with Gasteiger partial charge in [-0.05, 0) is 38.0 Å². The Labute approximate surface area is 160 Å². The maximum atomic E-state index is 12.3. The summed E-state index contributed by atoms with van der Waals surface area (Å²) in [7, 11) is 1.34. The van der Waals surface area contributed by atoms with Gasteiger partial charge in [0.2, 0.25) is 0 Å². The first-order chi connectivity index (χ1) is 12.8. The Morgan fingerprint density at radius 2 is 2.04 bits per heavy atom. The molecule has 0 aliphatic carbocycles. The van der Waals surface area contributed by atoms with Crippen molar-refractivity contribution in [2.24, 2.45) is 0 Å². The molecule has 0 saturated heterocycles. The molecule has 0 spiro atoms. The van der Waals surface area contributed by atoms with Gasteiger partial charge in [0.1, 0.15) is 10.6 Å². The number of hydrogen-bond donors (Lipinski definition) is 1. The monoisotopic (exact) mass is 392 g/mol. The number of amides is 1. The third-order valence-electron chi connectivity index (χ3n) is 3.85. The molecule has 0 fully saturated rings. The first-order valence-electron chi connectivity index (χ1n) is 8.20. The Bertz CT molecular complexity index is 877. The molecule has 8 nitrogen and oxygen atoms in total. The van der Waals surface area contributed by atoms with Crippen LogP contribution >= 0.6 is 11.3 Å². The van der Waals surface area contributed by atoms with Gasteiger partial charge in [0.15, 0.2) is 6.10 Å². The van der Waals surface area contributed by atoms with Gasteiger partial charge < -0.3 is 14.8 Å². The molecule has 1 amide bonds. The molecule has 0 saturated carbocycles. The smallest absolute Gasteiger partial charge is 0.349 e. The van der Waals surface area contributed by atoms with Gasteiger partial charge in [-0.25, -0.2) is 4.79 Å². The van der Waals surface area contributed by atoms with Crippen molar-refractivity contribution in [3.05, 3.63) is 49.7 Å². The number of rotatable bonds is 7. The van der Waals surface area contributed by atoms with Gasteiger partial charge >= 0.3 is 5.97 Å². The van der Waals surface area contributed by atoms with Crippen molar-refractivity contribution in [2.45, 2.75) is 33.3 Å². The summed E-state index contributed by atoms with van der Waals surface area (Å²) in [6.07, 6.45) is -0.232. The standard InChI is InChI=1S/C18H20N2O6S/c1-5-15-10(2)8-16(27-15)18(22)26-11(3)17(21)19-13-7-6-12(20(23)24)9-14(13)25-4/h6-9,11H,5H2,1-4H3,(H,19,21)/t11-/m1/s1. The molecule has 1 heterocycles. The van der Waals surface area contributed by atoms with E-state index in [4.69, 9.17) is 9.47 Å². The molecule has 27 heavy (non-hydrogen) atoms. The number of methoxy groups -OCH3 is 1. The number of benzene rings is 1. The normalized spacial score (nSPS) is 11.6. The van der Waals surface area contributed by atoms with Gasteiger partial charge in [0, 0.05) is 10.9 Å². The summed E-state index contributed by atoms with van der Waals surface area (Å²) in [4.78, 5) is 36.4. The van der Waals surface area contributed by atoms with Crippen molar-refractivity contribution < 1.29 is 24.0 Å². The second-order valence-electron chi connectivity index (χ2n) is 5.75. The molecular formula is C18H20N2O6S. The summed E-state index contributed by atoms with van der Waals surface area (Å²) in [5.74, 6) is -1.00. The van der Waals surface area contributed by atoms with Crippen LogP contribution in [-0.4, -0.2) is 30.0 Å². The fraction of sp³-hybridized carbons (Fsp3) is 0.333. The van der Waals surface area contributed by atoms with Crippen molar-refractivity contribution in [2.75, 3.05) is 12.4 Å². The molecule has 144 valence electrons. The Kier molecular flexibility index (Phi) is 6.51. The van der Waals surface area contributed by atoms with E-state index in [2.05, 4.69) is 5.32 Å². The van der Waals surface area contributed by atoms with E-state index in [1.807, 2.05) is 13.8 Å². The highest BCUT2D eigenvalue weighted by atomic mass is 32.1. The molecule has 2 aromatic rings. The number of aryl methyl sites for hydroxylation is 2. The van der Waals surface area contributed by atoms with Crippen LogP contribution < -0.4 is 10.1 Å². The number of non-ortho nitro benzene ring substituents is 1. The zero-order chi connectivity index (χ0) is 20.1. The Morgan fingerprint density at radius 3 is 2.59 bits per heavy atom. The average Bonchev–Trinajstić information content (AvgIpc) is 3.02. The lowest BCUT2D eigenvalue weighted by Crippen LogP contribution is -2.30. The zero-order valence-corrected chi connectivity index (χ0v) is 16.2. The molecule has 1 aromatic heterocycles. The SMILES string of the molecule is CCc1sc(C(=O)O[C@H](C)C(=O)Nc2ccc([N+](=O)[O-])cc2OC)cc1C. The first-order valence-corrected chi connectivity index (χ1v) is 9.02. The molecule has 1 atom stereocenters. The molecule has 0 unspecified atom stereocenters. The van der Waals surface area contributed by atoms with Gasteiger partial charge in [0.25, 0.3) is 11.6 Å². The minimum Gasteiger partial charge on any atom is -0.494 e. The maximum Gasteiger partial charge on any atom is 0.349 e. The first kappa shape index (κ1) is 20.4. The number of esters is 1. The van der Waals surface area contributed by atoms with Crippen LogP contribution in [-0.2, 0) is 16.0 Å². The lowest BCUT2D eigenvalue weighted by Gasteiger charge is -2.14. The van der Waals surface area contributed by atoms with Gasteiger partial charge in [0.05, 0.1) is 23.8 Å². The van der Waals surface area contributed by atoms with Crippen LogP contribution in [0.4, 0.5) is 11.4 Å². The second kappa shape index (κ2) is 8.63. The van der Waals surface area contributed by atoms with E-state index >= 15 is 0 Å². The van der Waals surface area contributed by atoms with Crippen LogP contribution in [0.2, 0.25) is 0 Å². The van der Waals surface area contributed by atoms with Crippen LogP contribution in [0.1, 0.15) is 34.0 Å². The molecule has 0 bridgehead atoms. The number of anilines is 1. The molecule has 9 heteroatoms. The summed E-state index contributed by atoms with van der Waals surface area (Å²) in [6, 6.07) is 5.55. The highest BCUT2D eigenvalue weighted by Crippen LogP contribution is 2.29. The third kappa shape index (κ3) is 4.82. The number of nitrogens with zero attached hydrogens (tertiary/aromatic N) is 1. The molecule has 1 N–H and O–H groups in total. The highest BCUT2D eigenvalue weighted by Gasteiger charge is 2.22. The van der Waals surface area contributed by atoms with E-state index < -0.39 is 22.9 Å². The van der Waals surface area contributed by atoms with Crippen LogP contribution in [0, 0.1) is 17.0 Å². The van der Waals surface area contributed by atoms with Gasteiger partial charge in [-0.15, -0.1) is 11.3 Å².